The molecule has 1 aromatic carbocycles. The first-order chi connectivity index (χ1) is 9.74. The van der Waals surface area contributed by atoms with E-state index in [1.807, 2.05) is 6.07 Å². The summed E-state index contributed by atoms with van der Waals surface area (Å²) < 4.78 is 0. The summed E-state index contributed by atoms with van der Waals surface area (Å²) in [4.78, 5) is 12.2. The number of benzene rings is 1. The number of nitrogens with two attached hydrogens (primary N) is 1. The van der Waals surface area contributed by atoms with E-state index < -0.39 is 0 Å². The average molecular weight is 270 g/mol. The lowest BCUT2D eigenvalue weighted by Gasteiger charge is -2.23. The topological polar surface area (TPSA) is 83.8 Å². The van der Waals surface area contributed by atoms with Gasteiger partial charge in [0.25, 0.3) is 0 Å². The first-order valence-electron chi connectivity index (χ1n) is 6.86. The Kier molecular flexibility index (Phi) is 3.41. The van der Waals surface area contributed by atoms with E-state index in [2.05, 4.69) is 33.7 Å². The second kappa shape index (κ2) is 5.36. The first-order valence-corrected chi connectivity index (χ1v) is 6.86. The summed E-state index contributed by atoms with van der Waals surface area (Å²) >= 11 is 0. The maximum atomic E-state index is 12.2. The number of carbonyl (C=O) groups excluding carboxylic acids is 1. The minimum absolute atomic E-state index is 0.0537. The van der Waals surface area contributed by atoms with E-state index in [1.54, 1.807) is 6.20 Å². The Labute approximate surface area is 117 Å². The zero-order valence-electron chi connectivity index (χ0n) is 11.2. The zero-order chi connectivity index (χ0) is 13.9. The van der Waals surface area contributed by atoms with Crippen LogP contribution in [0.3, 0.4) is 0 Å². The fraction of sp³-hybridized carbons (Fsp3) is 0.333. The second-order valence-corrected chi connectivity index (χ2v) is 5.24. The Morgan fingerprint density at radius 3 is 2.95 bits per heavy atom. The number of nitrogens with one attached hydrogen (secondary N) is 2. The highest BCUT2D eigenvalue weighted by Gasteiger charge is 2.24. The third-order valence-corrected chi connectivity index (χ3v) is 3.92. The van der Waals surface area contributed by atoms with Gasteiger partial charge in [0, 0.05) is 18.0 Å². The number of nitrogens with zero attached hydrogens (tertiary/aromatic N) is 1. The lowest BCUT2D eigenvalue weighted by molar-refractivity contribution is -0.125. The van der Waals surface area contributed by atoms with E-state index in [-0.39, 0.29) is 11.8 Å². The van der Waals surface area contributed by atoms with Crippen LogP contribution in [0.15, 0.2) is 30.5 Å². The molecule has 1 heterocycles. The van der Waals surface area contributed by atoms with E-state index in [4.69, 9.17) is 5.73 Å². The second-order valence-electron chi connectivity index (χ2n) is 5.24. The zero-order valence-corrected chi connectivity index (χ0v) is 11.2. The molecule has 0 saturated carbocycles. The monoisotopic (exact) mass is 270 g/mol. The molecule has 0 bridgehead atoms. The molecule has 1 aromatic heterocycles. The number of rotatable bonds is 3. The summed E-state index contributed by atoms with van der Waals surface area (Å²) in [5, 5.41) is 9.45. The average Bonchev–Trinajstić information content (AvgIpc) is 2.89. The van der Waals surface area contributed by atoms with Crippen molar-refractivity contribution in [2.75, 3.05) is 5.73 Å². The molecule has 20 heavy (non-hydrogen) atoms. The fourth-order valence-corrected chi connectivity index (χ4v) is 2.71. The van der Waals surface area contributed by atoms with Crippen molar-refractivity contribution < 1.29 is 4.79 Å². The van der Waals surface area contributed by atoms with Crippen LogP contribution in [0.5, 0.6) is 0 Å². The maximum Gasteiger partial charge on any atom is 0.223 e. The number of fused-ring (bicyclic) bond motifs is 1. The normalized spacial score (nSPS) is 17.5. The van der Waals surface area contributed by atoms with Gasteiger partial charge in [-0.2, -0.15) is 5.10 Å². The summed E-state index contributed by atoms with van der Waals surface area (Å²) in [5.74, 6) is 0.664. The van der Waals surface area contributed by atoms with Crippen LogP contribution in [0.1, 0.15) is 23.1 Å². The third-order valence-electron chi connectivity index (χ3n) is 3.92. The molecule has 0 saturated heterocycles. The summed E-state index contributed by atoms with van der Waals surface area (Å²) in [5.41, 5.74) is 9.19. The Morgan fingerprint density at radius 1 is 1.40 bits per heavy atom. The van der Waals surface area contributed by atoms with E-state index in [1.165, 1.54) is 11.1 Å². The Bertz CT molecular complexity index is 620. The molecule has 0 fully saturated rings. The molecular weight excluding hydrogens is 252 g/mol. The van der Waals surface area contributed by atoms with Crippen molar-refractivity contribution in [1.82, 2.24) is 15.5 Å². The van der Waals surface area contributed by atoms with Crippen molar-refractivity contribution in [2.45, 2.75) is 25.8 Å². The highest BCUT2D eigenvalue weighted by molar-refractivity contribution is 5.79. The molecule has 0 aliphatic heterocycles. The summed E-state index contributed by atoms with van der Waals surface area (Å²) in [7, 11) is 0. The van der Waals surface area contributed by atoms with Gasteiger partial charge in [-0.05, 0) is 30.4 Å². The smallest absolute Gasteiger partial charge is 0.223 e. The van der Waals surface area contributed by atoms with Gasteiger partial charge in [-0.25, -0.2) is 0 Å². The van der Waals surface area contributed by atoms with E-state index in [9.17, 15) is 4.79 Å². The van der Waals surface area contributed by atoms with Crippen LogP contribution in [0, 0.1) is 5.92 Å². The lowest BCUT2D eigenvalue weighted by atomic mass is 9.83. The molecular formula is C15H18N4O. The minimum atomic E-state index is 0.0537. The lowest BCUT2D eigenvalue weighted by Crippen LogP contribution is -2.33. The standard InChI is InChI=1S/C15H18N4O/c16-14-13(9-18-19-14)8-17-15(20)12-6-5-10-3-1-2-4-11(10)7-12/h1-4,9,12H,5-8H2,(H,17,20)(H3,16,18,19). The number of H-pyrrole nitrogens is 1. The maximum absolute atomic E-state index is 12.2. The van der Waals surface area contributed by atoms with Crippen LogP contribution in [0.2, 0.25) is 0 Å². The Morgan fingerprint density at radius 2 is 2.20 bits per heavy atom. The predicted octanol–water partition coefficient (Wildman–Crippen LogP) is 1.41. The van der Waals surface area contributed by atoms with Gasteiger partial charge in [-0.1, -0.05) is 24.3 Å². The molecule has 3 rings (SSSR count). The quantitative estimate of drug-likeness (QED) is 0.788. The molecule has 4 N–H and O–H groups in total. The number of aryl methyl sites for hydroxylation is 1. The minimum Gasteiger partial charge on any atom is -0.384 e. The van der Waals surface area contributed by atoms with E-state index in [0.29, 0.717) is 12.4 Å². The van der Waals surface area contributed by atoms with E-state index >= 15 is 0 Å². The number of anilines is 1. The van der Waals surface area contributed by atoms with Gasteiger partial charge < -0.3 is 11.1 Å². The number of hydrogen-bond acceptors (Lipinski definition) is 3. The van der Waals surface area contributed by atoms with Crippen molar-refractivity contribution >= 4 is 11.7 Å². The Balaban J connectivity index is 1.60. The largest absolute Gasteiger partial charge is 0.384 e. The van der Waals surface area contributed by atoms with Crippen LogP contribution in [0.25, 0.3) is 0 Å². The summed E-state index contributed by atoms with van der Waals surface area (Å²) in [6.07, 6.45) is 4.35. The van der Waals surface area contributed by atoms with Crippen molar-refractivity contribution in [3.05, 3.63) is 47.2 Å². The number of hydrogen-bond donors (Lipinski definition) is 3. The van der Waals surface area contributed by atoms with Gasteiger partial charge >= 0.3 is 0 Å². The highest BCUT2D eigenvalue weighted by Crippen LogP contribution is 2.25. The van der Waals surface area contributed by atoms with Crippen molar-refractivity contribution in [1.29, 1.82) is 0 Å². The highest BCUT2D eigenvalue weighted by atomic mass is 16.1. The molecule has 5 heteroatoms. The van der Waals surface area contributed by atoms with E-state index in [0.717, 1.165) is 24.8 Å². The van der Waals surface area contributed by atoms with Crippen LogP contribution < -0.4 is 11.1 Å². The number of aromatic nitrogens is 2. The van der Waals surface area contributed by atoms with Gasteiger partial charge in [-0.3, -0.25) is 9.89 Å². The SMILES string of the molecule is Nc1[nH]ncc1CNC(=O)C1CCc2ccccc2C1. The van der Waals surface area contributed by atoms with Gasteiger partial charge in [0.1, 0.15) is 5.82 Å². The summed E-state index contributed by atoms with van der Waals surface area (Å²) in [6.45, 7) is 0.430. The van der Waals surface area contributed by atoms with Crippen LogP contribution in [-0.2, 0) is 24.2 Å². The number of nitrogen functional groups attached to an aromatic ring is 1. The van der Waals surface area contributed by atoms with Crippen LogP contribution in [-0.4, -0.2) is 16.1 Å². The molecule has 0 radical (unpaired) electrons. The molecule has 1 atom stereocenters. The molecule has 5 nitrogen and oxygen atoms in total. The molecule has 1 aliphatic carbocycles. The van der Waals surface area contributed by atoms with Gasteiger partial charge in [0.2, 0.25) is 5.91 Å². The number of amides is 1. The predicted molar refractivity (Wildman–Crippen MR) is 76.8 cm³/mol. The fourth-order valence-electron chi connectivity index (χ4n) is 2.71. The molecule has 2 aromatic rings. The van der Waals surface area contributed by atoms with Crippen molar-refractivity contribution in [3.63, 3.8) is 0 Å². The molecule has 1 unspecified atom stereocenters. The molecule has 1 aliphatic rings. The van der Waals surface area contributed by atoms with Crippen LogP contribution >= 0.6 is 0 Å². The van der Waals surface area contributed by atoms with Crippen molar-refractivity contribution in [3.8, 4) is 0 Å². The number of aromatic amines is 1. The third kappa shape index (κ3) is 2.52. The number of carbonyl (C=O) groups is 1. The molecule has 0 spiro atoms. The van der Waals surface area contributed by atoms with Gasteiger partial charge in [0.15, 0.2) is 0 Å². The summed E-state index contributed by atoms with van der Waals surface area (Å²) in [6, 6.07) is 8.35. The van der Waals surface area contributed by atoms with Gasteiger partial charge in [0.05, 0.1) is 6.20 Å². The molecule has 1 amide bonds. The van der Waals surface area contributed by atoms with Gasteiger partial charge in [-0.15, -0.1) is 0 Å². The Hall–Kier alpha value is -2.30. The van der Waals surface area contributed by atoms with Crippen LogP contribution in [0.4, 0.5) is 5.82 Å². The molecule has 104 valence electrons. The van der Waals surface area contributed by atoms with Crippen molar-refractivity contribution in [2.24, 2.45) is 5.92 Å². The first kappa shape index (κ1) is 12.7.